The quantitative estimate of drug-likeness (QED) is 0.568. The van der Waals surface area contributed by atoms with Crippen molar-refractivity contribution in [3.8, 4) is 0 Å². The molecule has 0 aliphatic carbocycles. The van der Waals surface area contributed by atoms with Crippen molar-refractivity contribution < 1.29 is 14.3 Å². The van der Waals surface area contributed by atoms with E-state index in [1.165, 1.54) is 0 Å². The van der Waals surface area contributed by atoms with E-state index in [0.717, 1.165) is 31.5 Å². The van der Waals surface area contributed by atoms with E-state index in [-0.39, 0.29) is 30.4 Å². The summed E-state index contributed by atoms with van der Waals surface area (Å²) in [4.78, 5) is 36.2. The SMILES string of the molecule is CC(C)(C)OC(=O)C(Nc1ncc2c(n1)NC(=O)N(c1ccccc1Cl)C2)C1CCNCC1. The van der Waals surface area contributed by atoms with Crippen LogP contribution < -0.4 is 20.9 Å². The van der Waals surface area contributed by atoms with Gasteiger partial charge in [-0.3, -0.25) is 10.2 Å². The van der Waals surface area contributed by atoms with E-state index in [2.05, 4.69) is 25.9 Å². The van der Waals surface area contributed by atoms with Crippen LogP contribution in [0.25, 0.3) is 0 Å². The zero-order valence-electron chi connectivity index (χ0n) is 19.0. The lowest BCUT2D eigenvalue weighted by atomic mass is 9.90. The molecule has 0 saturated carbocycles. The minimum Gasteiger partial charge on any atom is -0.458 e. The Balaban J connectivity index is 1.55. The molecule has 33 heavy (non-hydrogen) atoms. The molecular weight excluding hydrogens is 444 g/mol. The van der Waals surface area contributed by atoms with Crippen molar-refractivity contribution in [1.29, 1.82) is 0 Å². The fourth-order valence-electron chi connectivity index (χ4n) is 4.03. The summed E-state index contributed by atoms with van der Waals surface area (Å²) in [5.74, 6) is 0.444. The number of halogens is 1. The third-order valence-corrected chi connectivity index (χ3v) is 5.93. The third-order valence-electron chi connectivity index (χ3n) is 5.61. The van der Waals surface area contributed by atoms with E-state index in [4.69, 9.17) is 16.3 Å². The number of amides is 2. The smallest absolute Gasteiger partial charge is 0.329 e. The molecule has 2 aliphatic heterocycles. The summed E-state index contributed by atoms with van der Waals surface area (Å²) in [6, 6.07) is 6.25. The molecule has 2 amide bonds. The van der Waals surface area contributed by atoms with Gasteiger partial charge in [-0.2, -0.15) is 4.98 Å². The Hall–Kier alpha value is -2.91. The number of aromatic nitrogens is 2. The number of esters is 1. The van der Waals surface area contributed by atoms with Crippen molar-refractivity contribution in [2.24, 2.45) is 5.92 Å². The molecule has 176 valence electrons. The molecule has 1 aromatic heterocycles. The Kier molecular flexibility index (Phi) is 6.71. The average Bonchev–Trinajstić information content (AvgIpc) is 2.77. The predicted molar refractivity (Wildman–Crippen MR) is 128 cm³/mol. The standard InChI is InChI=1S/C23H29ClN6O3/c1-23(2,3)33-20(31)18(14-8-10-25-11-9-14)27-21-26-12-15-13-30(22(32)29-19(15)28-21)17-7-5-4-6-16(17)24/h4-7,12,14,18,25H,8-11,13H2,1-3H3,(H2,26,27,28,29,32). The molecule has 1 saturated heterocycles. The largest absolute Gasteiger partial charge is 0.458 e. The van der Waals surface area contributed by atoms with Crippen LogP contribution in [-0.2, 0) is 16.1 Å². The van der Waals surface area contributed by atoms with Gasteiger partial charge in [-0.1, -0.05) is 23.7 Å². The van der Waals surface area contributed by atoms with Crippen LogP contribution in [0.1, 0.15) is 39.2 Å². The molecule has 1 fully saturated rings. The first-order valence-corrected chi connectivity index (χ1v) is 11.5. The molecule has 3 heterocycles. The summed E-state index contributed by atoms with van der Waals surface area (Å²) in [7, 11) is 0. The van der Waals surface area contributed by atoms with Gasteiger partial charge < -0.3 is 15.4 Å². The summed E-state index contributed by atoms with van der Waals surface area (Å²) in [5, 5.41) is 9.78. The summed E-state index contributed by atoms with van der Waals surface area (Å²) < 4.78 is 5.66. The number of anilines is 3. The second kappa shape index (κ2) is 9.52. The topological polar surface area (TPSA) is 108 Å². The minimum atomic E-state index is -0.600. The van der Waals surface area contributed by atoms with E-state index in [0.29, 0.717) is 16.5 Å². The van der Waals surface area contributed by atoms with Gasteiger partial charge in [-0.15, -0.1) is 0 Å². The molecule has 10 heteroatoms. The van der Waals surface area contributed by atoms with E-state index >= 15 is 0 Å². The summed E-state index contributed by atoms with van der Waals surface area (Å²) in [5.41, 5.74) is 0.757. The Morgan fingerprint density at radius 1 is 1.27 bits per heavy atom. The molecule has 3 N–H and O–H groups in total. The maximum absolute atomic E-state index is 13.0. The lowest BCUT2D eigenvalue weighted by Crippen LogP contribution is -2.45. The van der Waals surface area contributed by atoms with E-state index in [1.807, 2.05) is 32.9 Å². The number of fused-ring (bicyclic) bond motifs is 1. The lowest BCUT2D eigenvalue weighted by Gasteiger charge is -2.32. The van der Waals surface area contributed by atoms with Gasteiger partial charge >= 0.3 is 12.0 Å². The molecule has 1 atom stereocenters. The summed E-state index contributed by atoms with van der Waals surface area (Å²) in [6.07, 6.45) is 3.33. The van der Waals surface area contributed by atoms with Crippen molar-refractivity contribution in [2.75, 3.05) is 28.6 Å². The van der Waals surface area contributed by atoms with Gasteiger partial charge in [-0.25, -0.2) is 14.6 Å². The van der Waals surface area contributed by atoms with Gasteiger partial charge in [0.15, 0.2) is 0 Å². The van der Waals surface area contributed by atoms with E-state index in [1.54, 1.807) is 23.2 Å². The van der Waals surface area contributed by atoms with E-state index in [9.17, 15) is 9.59 Å². The van der Waals surface area contributed by atoms with Gasteiger partial charge in [0.1, 0.15) is 17.5 Å². The molecule has 2 aliphatic rings. The molecule has 1 aromatic carbocycles. The maximum atomic E-state index is 13.0. The normalized spacial score (nSPS) is 17.7. The molecule has 9 nitrogen and oxygen atoms in total. The first-order valence-electron chi connectivity index (χ1n) is 11.1. The van der Waals surface area contributed by atoms with Gasteiger partial charge in [0.05, 0.1) is 17.3 Å². The number of benzene rings is 1. The highest BCUT2D eigenvalue weighted by molar-refractivity contribution is 6.34. The number of carbonyl (C=O) groups is 2. The number of nitrogens with one attached hydrogen (secondary N) is 3. The number of para-hydroxylation sites is 1. The van der Waals surface area contributed by atoms with Crippen molar-refractivity contribution in [1.82, 2.24) is 15.3 Å². The lowest BCUT2D eigenvalue weighted by molar-refractivity contribution is -0.157. The third kappa shape index (κ3) is 5.54. The van der Waals surface area contributed by atoms with Crippen LogP contribution in [0.2, 0.25) is 5.02 Å². The van der Waals surface area contributed by atoms with Gasteiger partial charge in [0.2, 0.25) is 5.95 Å². The Bertz CT molecular complexity index is 1040. The first kappa shape index (κ1) is 23.3. The summed E-state index contributed by atoms with van der Waals surface area (Å²) in [6.45, 7) is 7.50. The van der Waals surface area contributed by atoms with Crippen molar-refractivity contribution in [3.63, 3.8) is 0 Å². The van der Waals surface area contributed by atoms with Crippen molar-refractivity contribution >= 4 is 41.1 Å². The van der Waals surface area contributed by atoms with Crippen LogP contribution in [0.3, 0.4) is 0 Å². The van der Waals surface area contributed by atoms with Gasteiger partial charge in [0.25, 0.3) is 0 Å². The second-order valence-corrected chi connectivity index (χ2v) is 9.69. The maximum Gasteiger partial charge on any atom is 0.329 e. The van der Waals surface area contributed by atoms with Crippen LogP contribution in [0.5, 0.6) is 0 Å². The fraction of sp³-hybridized carbons (Fsp3) is 0.478. The van der Waals surface area contributed by atoms with Crippen LogP contribution in [0.15, 0.2) is 30.5 Å². The van der Waals surface area contributed by atoms with Gasteiger partial charge in [0, 0.05) is 11.8 Å². The van der Waals surface area contributed by atoms with Gasteiger partial charge in [-0.05, 0) is 64.8 Å². The highest BCUT2D eigenvalue weighted by Gasteiger charge is 2.34. The number of nitrogens with zero attached hydrogens (tertiary/aromatic N) is 3. The monoisotopic (exact) mass is 472 g/mol. The minimum absolute atomic E-state index is 0.0889. The fourth-order valence-corrected chi connectivity index (χ4v) is 4.27. The number of urea groups is 1. The van der Waals surface area contributed by atoms with Crippen molar-refractivity contribution in [2.45, 2.75) is 51.8 Å². The highest BCUT2D eigenvalue weighted by Crippen LogP contribution is 2.31. The Morgan fingerprint density at radius 3 is 2.70 bits per heavy atom. The molecule has 0 spiro atoms. The molecular formula is C23H29ClN6O3. The van der Waals surface area contributed by atoms with Crippen LogP contribution in [0.4, 0.5) is 22.2 Å². The average molecular weight is 473 g/mol. The molecule has 0 radical (unpaired) electrons. The summed E-state index contributed by atoms with van der Waals surface area (Å²) >= 11 is 6.27. The van der Waals surface area contributed by atoms with Crippen LogP contribution in [0, 0.1) is 5.92 Å². The first-order chi connectivity index (χ1) is 15.7. The van der Waals surface area contributed by atoms with Crippen LogP contribution in [-0.4, -0.2) is 46.7 Å². The molecule has 2 aromatic rings. The zero-order chi connectivity index (χ0) is 23.6. The number of hydrogen-bond donors (Lipinski definition) is 3. The number of piperidine rings is 1. The highest BCUT2D eigenvalue weighted by atomic mass is 35.5. The molecule has 0 bridgehead atoms. The number of carbonyl (C=O) groups excluding carboxylic acids is 2. The second-order valence-electron chi connectivity index (χ2n) is 9.28. The molecule has 1 unspecified atom stereocenters. The Labute approximate surface area is 198 Å². The Morgan fingerprint density at radius 2 is 2.00 bits per heavy atom. The number of rotatable bonds is 5. The predicted octanol–water partition coefficient (Wildman–Crippen LogP) is 3.80. The number of ether oxygens (including phenoxy) is 1. The van der Waals surface area contributed by atoms with E-state index < -0.39 is 11.6 Å². The zero-order valence-corrected chi connectivity index (χ0v) is 19.8. The number of hydrogen-bond acceptors (Lipinski definition) is 7. The van der Waals surface area contributed by atoms with Crippen LogP contribution >= 0.6 is 11.6 Å². The van der Waals surface area contributed by atoms with Crippen molar-refractivity contribution in [3.05, 3.63) is 41.0 Å². The molecule has 4 rings (SSSR count).